The lowest BCUT2D eigenvalue weighted by atomic mass is 10.1. The standard InChI is InChI=1S/C14H17BrN2O3/c1-9(10-4-2-5-11(15)8-10)16-14(20)17-7-3-6-12(17)13(18)19/h2,4-5,8-9,12H,3,6-7H2,1H3,(H,16,20)(H,18,19)/t9?,12-/m0/s1. The summed E-state index contributed by atoms with van der Waals surface area (Å²) in [6.07, 6.45) is 1.25. The van der Waals surface area contributed by atoms with Crippen LogP contribution in [0.3, 0.4) is 0 Å². The summed E-state index contributed by atoms with van der Waals surface area (Å²) in [6, 6.07) is 6.48. The second-order valence-electron chi connectivity index (χ2n) is 4.92. The first-order valence-corrected chi connectivity index (χ1v) is 7.33. The maximum absolute atomic E-state index is 12.2. The molecule has 2 rings (SSSR count). The lowest BCUT2D eigenvalue weighted by Gasteiger charge is -2.24. The summed E-state index contributed by atoms with van der Waals surface area (Å²) >= 11 is 3.39. The van der Waals surface area contributed by atoms with Crippen LogP contribution in [-0.4, -0.2) is 34.6 Å². The first kappa shape index (κ1) is 14.8. The van der Waals surface area contributed by atoms with Crippen LogP contribution in [0.15, 0.2) is 28.7 Å². The normalized spacial score (nSPS) is 19.7. The van der Waals surface area contributed by atoms with Gasteiger partial charge in [0.25, 0.3) is 0 Å². The number of halogens is 1. The van der Waals surface area contributed by atoms with E-state index in [0.29, 0.717) is 13.0 Å². The number of carbonyl (C=O) groups excluding carboxylic acids is 1. The molecule has 5 nitrogen and oxygen atoms in total. The Morgan fingerprint density at radius 2 is 2.25 bits per heavy atom. The van der Waals surface area contributed by atoms with E-state index >= 15 is 0 Å². The molecule has 0 bridgehead atoms. The SMILES string of the molecule is CC(NC(=O)N1CCC[C@H]1C(=O)O)c1cccc(Br)c1. The number of carbonyl (C=O) groups is 2. The van der Waals surface area contributed by atoms with Crippen LogP contribution < -0.4 is 5.32 Å². The highest BCUT2D eigenvalue weighted by Gasteiger charge is 2.34. The molecule has 108 valence electrons. The number of aliphatic carboxylic acids is 1. The van der Waals surface area contributed by atoms with E-state index in [-0.39, 0.29) is 12.1 Å². The number of carboxylic acid groups (broad SMARTS) is 1. The average Bonchev–Trinajstić information content (AvgIpc) is 2.88. The number of hydrogen-bond acceptors (Lipinski definition) is 2. The Labute approximate surface area is 126 Å². The molecule has 2 N–H and O–H groups in total. The highest BCUT2D eigenvalue weighted by Crippen LogP contribution is 2.21. The summed E-state index contributed by atoms with van der Waals surface area (Å²) in [5, 5.41) is 11.9. The average molecular weight is 341 g/mol. The number of nitrogens with zero attached hydrogens (tertiary/aromatic N) is 1. The molecule has 0 aromatic heterocycles. The molecule has 2 atom stereocenters. The molecule has 1 saturated heterocycles. The topological polar surface area (TPSA) is 69.6 Å². The van der Waals surface area contributed by atoms with Crippen molar-refractivity contribution in [2.75, 3.05) is 6.54 Å². The number of urea groups is 1. The Kier molecular flexibility index (Phi) is 4.65. The van der Waals surface area contributed by atoms with Crippen molar-refractivity contribution in [1.29, 1.82) is 0 Å². The Morgan fingerprint density at radius 3 is 2.90 bits per heavy atom. The van der Waals surface area contributed by atoms with E-state index < -0.39 is 12.0 Å². The molecule has 2 amide bonds. The van der Waals surface area contributed by atoms with E-state index in [2.05, 4.69) is 21.2 Å². The van der Waals surface area contributed by atoms with Gasteiger partial charge in [0.15, 0.2) is 0 Å². The molecular weight excluding hydrogens is 324 g/mol. The van der Waals surface area contributed by atoms with Gasteiger partial charge in [-0.2, -0.15) is 0 Å². The Morgan fingerprint density at radius 1 is 1.50 bits per heavy atom. The van der Waals surface area contributed by atoms with Crippen molar-refractivity contribution in [3.05, 3.63) is 34.3 Å². The smallest absolute Gasteiger partial charge is 0.326 e. The minimum Gasteiger partial charge on any atom is -0.480 e. The molecular formula is C14H17BrN2O3. The number of benzene rings is 1. The van der Waals surface area contributed by atoms with Gasteiger partial charge < -0.3 is 15.3 Å². The van der Waals surface area contributed by atoms with Crippen molar-refractivity contribution in [3.8, 4) is 0 Å². The molecule has 1 fully saturated rings. The van der Waals surface area contributed by atoms with E-state index in [0.717, 1.165) is 16.5 Å². The van der Waals surface area contributed by atoms with Crippen molar-refractivity contribution in [3.63, 3.8) is 0 Å². The minimum absolute atomic E-state index is 0.171. The van der Waals surface area contributed by atoms with Gasteiger partial charge in [-0.15, -0.1) is 0 Å². The number of hydrogen-bond donors (Lipinski definition) is 2. The molecule has 0 spiro atoms. The third-order valence-corrected chi connectivity index (χ3v) is 3.98. The molecule has 1 aliphatic rings. The number of rotatable bonds is 3. The first-order valence-electron chi connectivity index (χ1n) is 6.54. The van der Waals surface area contributed by atoms with Crippen LogP contribution in [0.5, 0.6) is 0 Å². The zero-order chi connectivity index (χ0) is 14.7. The third kappa shape index (κ3) is 3.30. The van der Waals surface area contributed by atoms with Crippen molar-refractivity contribution < 1.29 is 14.7 Å². The fraction of sp³-hybridized carbons (Fsp3) is 0.429. The minimum atomic E-state index is -0.937. The summed E-state index contributed by atoms with van der Waals surface area (Å²) in [5.74, 6) is -0.937. The van der Waals surface area contributed by atoms with Crippen molar-refractivity contribution >= 4 is 27.9 Å². The molecule has 0 aliphatic carbocycles. The Balaban J connectivity index is 2.02. The molecule has 1 aliphatic heterocycles. The summed E-state index contributed by atoms with van der Waals surface area (Å²) in [5.41, 5.74) is 0.971. The molecule has 6 heteroatoms. The van der Waals surface area contributed by atoms with Crippen LogP contribution in [0.4, 0.5) is 4.79 Å². The van der Waals surface area contributed by atoms with Crippen LogP contribution in [0, 0.1) is 0 Å². The molecule has 1 unspecified atom stereocenters. The zero-order valence-electron chi connectivity index (χ0n) is 11.2. The van der Waals surface area contributed by atoms with Crippen LogP contribution in [0.1, 0.15) is 31.4 Å². The molecule has 1 aromatic carbocycles. The lowest BCUT2D eigenvalue weighted by Crippen LogP contribution is -2.46. The van der Waals surface area contributed by atoms with Crippen molar-refractivity contribution in [1.82, 2.24) is 10.2 Å². The van der Waals surface area contributed by atoms with Gasteiger partial charge in [0.2, 0.25) is 0 Å². The van der Waals surface area contributed by atoms with Crippen LogP contribution in [-0.2, 0) is 4.79 Å². The van der Waals surface area contributed by atoms with Gasteiger partial charge in [0.05, 0.1) is 6.04 Å². The van der Waals surface area contributed by atoms with Gasteiger partial charge in [-0.25, -0.2) is 9.59 Å². The van der Waals surface area contributed by atoms with E-state index in [1.54, 1.807) is 0 Å². The van der Waals surface area contributed by atoms with Crippen LogP contribution in [0.2, 0.25) is 0 Å². The molecule has 0 radical (unpaired) electrons. The van der Waals surface area contributed by atoms with E-state index in [1.807, 2.05) is 31.2 Å². The number of carboxylic acids is 1. The van der Waals surface area contributed by atoms with Gasteiger partial charge in [0, 0.05) is 11.0 Å². The quantitative estimate of drug-likeness (QED) is 0.888. The number of nitrogens with one attached hydrogen (secondary N) is 1. The highest BCUT2D eigenvalue weighted by atomic mass is 79.9. The fourth-order valence-corrected chi connectivity index (χ4v) is 2.81. The third-order valence-electron chi connectivity index (χ3n) is 3.49. The van der Waals surface area contributed by atoms with Crippen LogP contribution in [0.25, 0.3) is 0 Å². The highest BCUT2D eigenvalue weighted by molar-refractivity contribution is 9.10. The van der Waals surface area contributed by atoms with Gasteiger partial charge in [-0.3, -0.25) is 0 Å². The van der Waals surface area contributed by atoms with E-state index in [9.17, 15) is 9.59 Å². The van der Waals surface area contributed by atoms with E-state index in [1.165, 1.54) is 4.90 Å². The Bertz CT molecular complexity index is 521. The summed E-state index contributed by atoms with van der Waals surface area (Å²) in [4.78, 5) is 24.7. The second-order valence-corrected chi connectivity index (χ2v) is 5.83. The molecule has 20 heavy (non-hydrogen) atoms. The molecule has 0 saturated carbocycles. The summed E-state index contributed by atoms with van der Waals surface area (Å²) < 4.78 is 0.945. The van der Waals surface area contributed by atoms with Crippen molar-refractivity contribution in [2.45, 2.75) is 31.8 Å². The zero-order valence-corrected chi connectivity index (χ0v) is 12.8. The number of amides is 2. The second kappa shape index (κ2) is 6.26. The first-order chi connectivity index (χ1) is 9.49. The van der Waals surface area contributed by atoms with Gasteiger partial charge in [0.1, 0.15) is 6.04 Å². The molecule has 1 aromatic rings. The lowest BCUT2D eigenvalue weighted by molar-refractivity contribution is -0.141. The van der Waals surface area contributed by atoms with Crippen molar-refractivity contribution in [2.24, 2.45) is 0 Å². The van der Waals surface area contributed by atoms with Crippen LogP contribution >= 0.6 is 15.9 Å². The van der Waals surface area contributed by atoms with E-state index in [4.69, 9.17) is 5.11 Å². The van der Waals surface area contributed by atoms with Gasteiger partial charge in [-0.05, 0) is 37.5 Å². The monoisotopic (exact) mass is 340 g/mol. The van der Waals surface area contributed by atoms with Gasteiger partial charge in [-0.1, -0.05) is 28.1 Å². The summed E-state index contributed by atoms with van der Waals surface area (Å²) in [7, 11) is 0. The maximum Gasteiger partial charge on any atom is 0.326 e. The van der Waals surface area contributed by atoms with Gasteiger partial charge >= 0.3 is 12.0 Å². The number of likely N-dealkylation sites (tertiary alicyclic amines) is 1. The largest absolute Gasteiger partial charge is 0.480 e. The fourth-order valence-electron chi connectivity index (χ4n) is 2.39. The maximum atomic E-state index is 12.2. The predicted molar refractivity (Wildman–Crippen MR) is 78.5 cm³/mol. The molecule has 1 heterocycles. The predicted octanol–water partition coefficient (Wildman–Crippen LogP) is 2.77. The Hall–Kier alpha value is -1.56. The summed E-state index contributed by atoms with van der Waals surface area (Å²) in [6.45, 7) is 2.37.